The van der Waals surface area contributed by atoms with Crippen LogP contribution >= 0.6 is 0 Å². The minimum Gasteiger partial charge on any atom is -0.423 e. The number of rotatable bonds is 6. The summed E-state index contributed by atoms with van der Waals surface area (Å²) in [4.78, 5) is 42.8. The maximum atomic E-state index is 13.3. The van der Waals surface area contributed by atoms with Crippen LogP contribution in [0.5, 0.6) is 0 Å². The van der Waals surface area contributed by atoms with Crippen LogP contribution in [0.15, 0.2) is 33.5 Å². The lowest BCUT2D eigenvalue weighted by Gasteiger charge is -2.22. The van der Waals surface area contributed by atoms with Gasteiger partial charge in [0.05, 0.1) is 151 Å². The molecular formula is C37H58N4O14. The third-order valence-electron chi connectivity index (χ3n) is 8.22. The molecular weight excluding hydrogens is 724 g/mol. The first-order valence-electron chi connectivity index (χ1n) is 19.0. The van der Waals surface area contributed by atoms with Gasteiger partial charge in [-0.25, -0.2) is 4.79 Å². The van der Waals surface area contributed by atoms with Crippen LogP contribution in [0.1, 0.15) is 0 Å². The van der Waals surface area contributed by atoms with Gasteiger partial charge >= 0.3 is 5.63 Å². The smallest absolute Gasteiger partial charge is 0.338 e. The fourth-order valence-corrected chi connectivity index (χ4v) is 5.42. The van der Waals surface area contributed by atoms with E-state index in [0.717, 1.165) is 0 Å². The van der Waals surface area contributed by atoms with Gasteiger partial charge in [-0.3, -0.25) is 19.4 Å². The highest BCUT2D eigenvalue weighted by Crippen LogP contribution is 2.25. The van der Waals surface area contributed by atoms with E-state index in [-0.39, 0.29) is 30.5 Å². The van der Waals surface area contributed by atoms with Crippen molar-refractivity contribution in [3.63, 3.8) is 0 Å². The molecule has 2 aromatic rings. The standard InChI is InChI=1S/C37H58N4O14/c42-35(29-40-3-7-45-11-15-49-19-23-53-24-20-50-16-12-46-8-4-40)38-31-1-2-32-33(28-37(44)55-34(32)27-31)39-36(43)30-41-5-9-47-13-17-51-21-25-54-26-22-52-18-14-48-10-6-41/h1-2,27-28H,3-26,29-30H2,(H,38,42)(H,39,43). The van der Waals surface area contributed by atoms with E-state index in [1.54, 1.807) is 18.2 Å². The Morgan fingerprint density at radius 1 is 0.473 bits per heavy atom. The van der Waals surface area contributed by atoms with Crippen molar-refractivity contribution in [1.82, 2.24) is 9.80 Å². The van der Waals surface area contributed by atoms with E-state index in [1.807, 2.05) is 9.80 Å². The average Bonchev–Trinajstić information content (AvgIpc) is 3.16. The van der Waals surface area contributed by atoms with Gasteiger partial charge in [0.15, 0.2) is 0 Å². The zero-order valence-electron chi connectivity index (χ0n) is 31.8. The first-order chi connectivity index (χ1) is 27.1. The molecule has 2 saturated heterocycles. The van der Waals surface area contributed by atoms with Crippen molar-refractivity contribution in [3.05, 3.63) is 34.7 Å². The number of nitrogens with one attached hydrogen (secondary N) is 2. The SMILES string of the molecule is O=C(CN1CCOCCOCCOCCOCCOCC1)Nc1ccc2c(NC(=O)CN3CCOCCOCCOCCOCCOCC3)cc(=O)oc2c1. The van der Waals surface area contributed by atoms with Gasteiger partial charge in [-0.05, 0) is 12.1 Å². The monoisotopic (exact) mass is 782 g/mol. The number of carbonyl (C=O) groups excluding carboxylic acids is 2. The molecule has 0 saturated carbocycles. The lowest BCUT2D eigenvalue weighted by molar-refractivity contribution is -0.118. The highest BCUT2D eigenvalue weighted by atomic mass is 16.6. The van der Waals surface area contributed by atoms with Gasteiger partial charge in [0.2, 0.25) is 11.8 Å². The van der Waals surface area contributed by atoms with Crippen molar-refractivity contribution < 1.29 is 61.4 Å². The number of nitrogens with zero attached hydrogens (tertiary/aromatic N) is 2. The van der Waals surface area contributed by atoms with Crippen LogP contribution in [-0.2, 0) is 57.0 Å². The van der Waals surface area contributed by atoms with Crippen molar-refractivity contribution in [3.8, 4) is 0 Å². The molecule has 0 spiro atoms. The van der Waals surface area contributed by atoms with Gasteiger partial charge in [0.25, 0.3) is 0 Å². The molecule has 2 N–H and O–H groups in total. The summed E-state index contributed by atoms with van der Waals surface area (Å²) in [6, 6.07) is 6.17. The molecule has 310 valence electrons. The van der Waals surface area contributed by atoms with E-state index in [2.05, 4.69) is 10.6 Å². The predicted octanol–water partition coefficient (Wildman–Crippen LogP) is 0.467. The Balaban J connectivity index is 1.30. The Morgan fingerprint density at radius 2 is 0.818 bits per heavy atom. The minimum atomic E-state index is -0.645. The molecule has 0 aliphatic carbocycles. The molecule has 18 heteroatoms. The zero-order chi connectivity index (χ0) is 38.6. The maximum absolute atomic E-state index is 13.3. The zero-order valence-corrected chi connectivity index (χ0v) is 31.8. The van der Waals surface area contributed by atoms with Gasteiger partial charge in [0, 0.05) is 49.4 Å². The highest BCUT2D eigenvalue weighted by Gasteiger charge is 2.16. The van der Waals surface area contributed by atoms with Gasteiger partial charge in [-0.1, -0.05) is 0 Å². The first-order valence-corrected chi connectivity index (χ1v) is 19.0. The van der Waals surface area contributed by atoms with E-state index in [9.17, 15) is 14.4 Å². The molecule has 2 aliphatic rings. The number of ether oxygens (including phenoxy) is 10. The summed E-state index contributed by atoms with van der Waals surface area (Å²) in [5, 5.41) is 6.24. The molecule has 4 rings (SSSR count). The second-order valence-electron chi connectivity index (χ2n) is 12.5. The topological polar surface area (TPSA) is 187 Å². The van der Waals surface area contributed by atoms with Crippen LogP contribution in [0, 0.1) is 0 Å². The van der Waals surface area contributed by atoms with Gasteiger partial charge in [-0.15, -0.1) is 0 Å². The Kier molecular flexibility index (Phi) is 23.0. The fourth-order valence-electron chi connectivity index (χ4n) is 5.42. The lowest BCUT2D eigenvalue weighted by atomic mass is 10.2. The number of benzene rings is 1. The Labute approximate surface area is 321 Å². The fraction of sp³-hybridized carbons (Fsp3) is 0.703. The number of anilines is 2. The van der Waals surface area contributed by atoms with Crippen molar-refractivity contribution in [2.45, 2.75) is 0 Å². The largest absolute Gasteiger partial charge is 0.423 e. The average molecular weight is 783 g/mol. The molecule has 0 unspecified atom stereocenters. The van der Waals surface area contributed by atoms with Crippen LogP contribution in [0.4, 0.5) is 11.4 Å². The molecule has 18 nitrogen and oxygen atoms in total. The van der Waals surface area contributed by atoms with E-state index in [1.165, 1.54) is 6.07 Å². The molecule has 55 heavy (non-hydrogen) atoms. The van der Waals surface area contributed by atoms with E-state index in [4.69, 9.17) is 51.8 Å². The normalized spacial score (nSPS) is 20.7. The number of hydrogen-bond donors (Lipinski definition) is 2. The quantitative estimate of drug-likeness (QED) is 0.385. The maximum Gasteiger partial charge on any atom is 0.338 e. The molecule has 0 radical (unpaired) electrons. The third kappa shape index (κ3) is 20.0. The molecule has 0 atom stereocenters. The van der Waals surface area contributed by atoms with E-state index in [0.29, 0.717) is 175 Å². The summed E-state index contributed by atoms with van der Waals surface area (Å²) in [7, 11) is 0. The Morgan fingerprint density at radius 3 is 1.20 bits per heavy atom. The summed E-state index contributed by atoms with van der Waals surface area (Å²) < 4.78 is 61.2. The summed E-state index contributed by atoms with van der Waals surface area (Å²) in [5.74, 6) is -0.591. The minimum absolute atomic E-state index is 0.0382. The number of carbonyl (C=O) groups is 2. The summed E-state index contributed by atoms with van der Waals surface area (Å²) in [5.41, 5.74) is 0.301. The summed E-state index contributed by atoms with van der Waals surface area (Å²) in [6.45, 7) is 11.0. The molecule has 0 bridgehead atoms. The third-order valence-corrected chi connectivity index (χ3v) is 8.22. The summed E-state index contributed by atoms with van der Waals surface area (Å²) in [6.07, 6.45) is 0. The van der Waals surface area contributed by atoms with Gasteiger partial charge < -0.3 is 62.4 Å². The number of hydrogen-bond acceptors (Lipinski definition) is 16. The molecule has 2 amide bonds. The Bertz CT molecular complexity index is 1380. The van der Waals surface area contributed by atoms with Crippen molar-refractivity contribution in [1.29, 1.82) is 0 Å². The van der Waals surface area contributed by atoms with Crippen LogP contribution < -0.4 is 16.3 Å². The second-order valence-corrected chi connectivity index (χ2v) is 12.5. The molecule has 3 heterocycles. The molecule has 2 fully saturated rings. The predicted molar refractivity (Wildman–Crippen MR) is 201 cm³/mol. The number of amides is 2. The molecule has 1 aromatic heterocycles. The van der Waals surface area contributed by atoms with Crippen molar-refractivity contribution >= 4 is 34.2 Å². The Hall–Kier alpha value is -3.11. The van der Waals surface area contributed by atoms with E-state index >= 15 is 0 Å². The van der Waals surface area contributed by atoms with Crippen LogP contribution in [0.25, 0.3) is 11.0 Å². The van der Waals surface area contributed by atoms with Gasteiger partial charge in [0.1, 0.15) is 5.58 Å². The highest BCUT2D eigenvalue weighted by molar-refractivity contribution is 6.02. The van der Waals surface area contributed by atoms with Crippen molar-refractivity contribution in [2.24, 2.45) is 0 Å². The number of fused-ring (bicyclic) bond motifs is 1. The van der Waals surface area contributed by atoms with Gasteiger partial charge in [-0.2, -0.15) is 0 Å². The molecule has 2 aliphatic heterocycles. The van der Waals surface area contributed by atoms with Crippen molar-refractivity contribution in [2.75, 3.05) is 182 Å². The first kappa shape index (κ1) is 44.6. The second kappa shape index (κ2) is 28.3. The lowest BCUT2D eigenvalue weighted by Crippen LogP contribution is -2.38. The van der Waals surface area contributed by atoms with Crippen LogP contribution in [-0.4, -0.2) is 193 Å². The van der Waals surface area contributed by atoms with Crippen LogP contribution in [0.2, 0.25) is 0 Å². The summed E-state index contributed by atoms with van der Waals surface area (Å²) >= 11 is 0. The van der Waals surface area contributed by atoms with Crippen LogP contribution in [0.3, 0.4) is 0 Å². The van der Waals surface area contributed by atoms with E-state index < -0.39 is 5.63 Å². The molecule has 1 aromatic carbocycles.